The highest BCUT2D eigenvalue weighted by atomic mass is 19.1. The average Bonchev–Trinajstić information content (AvgIpc) is 2.81. The molecular formula is C14H20FN5. The van der Waals surface area contributed by atoms with Gasteiger partial charge in [0.05, 0.1) is 24.8 Å². The van der Waals surface area contributed by atoms with Crippen LogP contribution in [0.1, 0.15) is 26.2 Å². The van der Waals surface area contributed by atoms with E-state index in [1.165, 1.54) is 0 Å². The quantitative estimate of drug-likeness (QED) is 0.598. The van der Waals surface area contributed by atoms with E-state index in [1.54, 1.807) is 0 Å². The van der Waals surface area contributed by atoms with Crippen LogP contribution in [0, 0.1) is 5.41 Å². The second kappa shape index (κ2) is 5.98. The molecule has 5 nitrogen and oxygen atoms in total. The molecule has 1 fully saturated rings. The molecule has 0 aromatic rings. The Labute approximate surface area is 118 Å². The minimum Gasteiger partial charge on any atom is -0.367 e. The normalized spacial score (nSPS) is 22.4. The molecule has 1 unspecified atom stereocenters. The first-order valence-electron chi connectivity index (χ1n) is 6.70. The zero-order valence-electron chi connectivity index (χ0n) is 11.7. The Hall–Kier alpha value is -1.98. The summed E-state index contributed by atoms with van der Waals surface area (Å²) in [7, 11) is 0. The van der Waals surface area contributed by atoms with Crippen molar-refractivity contribution < 1.29 is 4.39 Å². The molecular weight excluding hydrogens is 257 g/mol. The van der Waals surface area contributed by atoms with Crippen molar-refractivity contribution in [2.24, 2.45) is 9.98 Å². The van der Waals surface area contributed by atoms with Crippen LogP contribution in [0.15, 0.2) is 34.5 Å². The maximum absolute atomic E-state index is 12.7. The molecule has 0 aliphatic carbocycles. The maximum Gasteiger partial charge on any atom is 0.304 e. The average molecular weight is 277 g/mol. The largest absolute Gasteiger partial charge is 0.367 e. The van der Waals surface area contributed by atoms with E-state index < -0.39 is 6.09 Å². The molecule has 0 bridgehead atoms. The van der Waals surface area contributed by atoms with E-state index in [4.69, 9.17) is 5.41 Å². The lowest BCUT2D eigenvalue weighted by atomic mass is 9.96. The predicted molar refractivity (Wildman–Crippen MR) is 80.0 cm³/mol. The number of amidine groups is 2. The van der Waals surface area contributed by atoms with E-state index >= 15 is 0 Å². The summed E-state index contributed by atoms with van der Waals surface area (Å²) in [6, 6.07) is 0.106. The van der Waals surface area contributed by atoms with Gasteiger partial charge in [-0.3, -0.25) is 5.41 Å². The van der Waals surface area contributed by atoms with Crippen molar-refractivity contribution in [3.63, 3.8) is 0 Å². The molecule has 1 saturated heterocycles. The number of halogens is 1. The number of rotatable bonds is 5. The van der Waals surface area contributed by atoms with E-state index in [9.17, 15) is 4.39 Å². The third kappa shape index (κ3) is 3.12. The molecule has 2 rings (SSSR count). The van der Waals surface area contributed by atoms with Gasteiger partial charge in [0, 0.05) is 6.42 Å². The lowest BCUT2D eigenvalue weighted by Gasteiger charge is -2.39. The van der Waals surface area contributed by atoms with Crippen molar-refractivity contribution in [1.82, 2.24) is 10.2 Å². The van der Waals surface area contributed by atoms with Crippen LogP contribution < -0.4 is 5.32 Å². The van der Waals surface area contributed by atoms with Gasteiger partial charge in [-0.05, 0) is 19.8 Å². The van der Waals surface area contributed by atoms with Crippen molar-refractivity contribution in [3.05, 3.63) is 24.6 Å². The van der Waals surface area contributed by atoms with Crippen molar-refractivity contribution >= 4 is 17.6 Å². The summed E-state index contributed by atoms with van der Waals surface area (Å²) < 4.78 is 12.7. The Bertz CT molecular complexity index is 506. The van der Waals surface area contributed by atoms with Crippen LogP contribution in [-0.4, -0.2) is 41.7 Å². The molecule has 0 saturated carbocycles. The highest BCUT2D eigenvalue weighted by Gasteiger charge is 2.28. The van der Waals surface area contributed by atoms with Crippen LogP contribution >= 0.6 is 0 Å². The van der Waals surface area contributed by atoms with Gasteiger partial charge in [-0.2, -0.15) is 4.39 Å². The summed E-state index contributed by atoms with van der Waals surface area (Å²) in [4.78, 5) is 9.13. The molecule has 0 amide bonds. The Kier molecular flexibility index (Phi) is 4.32. The molecule has 108 valence electrons. The number of aliphatic imine (C=N–C) groups is 2. The van der Waals surface area contributed by atoms with Gasteiger partial charge in [-0.1, -0.05) is 18.7 Å². The van der Waals surface area contributed by atoms with Crippen LogP contribution in [-0.2, 0) is 0 Å². The molecule has 20 heavy (non-hydrogen) atoms. The number of hydrogen-bond donors (Lipinski definition) is 2. The summed E-state index contributed by atoms with van der Waals surface area (Å²) in [6.45, 7) is 10.6. The maximum atomic E-state index is 12.7. The van der Waals surface area contributed by atoms with Crippen LogP contribution in [0.5, 0.6) is 0 Å². The Balaban J connectivity index is 1.97. The fourth-order valence-corrected chi connectivity index (χ4v) is 2.46. The minimum absolute atomic E-state index is 0.106. The summed E-state index contributed by atoms with van der Waals surface area (Å²) in [5.41, 5.74) is 1.66. The number of nitrogens with one attached hydrogen (secondary N) is 2. The van der Waals surface area contributed by atoms with Gasteiger partial charge in [0.2, 0.25) is 0 Å². The van der Waals surface area contributed by atoms with E-state index in [0.717, 1.165) is 24.8 Å². The monoisotopic (exact) mass is 277 g/mol. The molecule has 0 aromatic heterocycles. The van der Waals surface area contributed by atoms with Crippen LogP contribution in [0.2, 0.25) is 0 Å². The molecule has 0 aromatic carbocycles. The second-order valence-corrected chi connectivity index (χ2v) is 5.13. The molecule has 2 aliphatic rings. The topological polar surface area (TPSA) is 63.8 Å². The van der Waals surface area contributed by atoms with E-state index in [2.05, 4.69) is 28.5 Å². The van der Waals surface area contributed by atoms with Crippen molar-refractivity contribution in [2.75, 3.05) is 13.1 Å². The molecule has 2 aliphatic heterocycles. The van der Waals surface area contributed by atoms with E-state index in [1.807, 2.05) is 11.8 Å². The Morgan fingerprint density at radius 1 is 1.55 bits per heavy atom. The second-order valence-electron chi connectivity index (χ2n) is 5.13. The predicted octanol–water partition coefficient (Wildman–Crippen LogP) is 2.24. The van der Waals surface area contributed by atoms with Gasteiger partial charge in [0.25, 0.3) is 0 Å². The highest BCUT2D eigenvalue weighted by Crippen LogP contribution is 2.25. The molecule has 2 N–H and O–H groups in total. The smallest absolute Gasteiger partial charge is 0.304 e. The highest BCUT2D eigenvalue weighted by molar-refractivity contribution is 6.01. The van der Waals surface area contributed by atoms with Gasteiger partial charge >= 0.3 is 6.09 Å². The van der Waals surface area contributed by atoms with Crippen LogP contribution in [0.4, 0.5) is 4.39 Å². The summed E-state index contributed by atoms with van der Waals surface area (Å²) in [5, 5.41) is 11.2. The van der Waals surface area contributed by atoms with Gasteiger partial charge in [-0.25, -0.2) is 9.98 Å². The van der Waals surface area contributed by atoms with Crippen LogP contribution in [0.25, 0.3) is 0 Å². The standard InChI is InChI=1S/C14H20FN5/c1-9(2)12-5-4-6-13(16)20(12)10(3)17-7-11-8-18-14(15)19-11/h12,16-17H,1,3-8H2,2H3. The van der Waals surface area contributed by atoms with Gasteiger partial charge in [-0.15, -0.1) is 0 Å². The van der Waals surface area contributed by atoms with E-state index in [0.29, 0.717) is 23.9 Å². The zero-order chi connectivity index (χ0) is 14.7. The fourth-order valence-electron chi connectivity index (χ4n) is 2.46. The molecule has 6 heteroatoms. The summed E-state index contributed by atoms with van der Waals surface area (Å²) in [6.07, 6.45) is 2.03. The lowest BCUT2D eigenvalue weighted by Crippen LogP contribution is -2.47. The minimum atomic E-state index is -0.669. The molecule has 0 radical (unpaired) electrons. The first-order valence-corrected chi connectivity index (χ1v) is 6.70. The summed E-state index contributed by atoms with van der Waals surface area (Å²) in [5.74, 6) is 1.18. The third-order valence-corrected chi connectivity index (χ3v) is 3.49. The summed E-state index contributed by atoms with van der Waals surface area (Å²) >= 11 is 0. The van der Waals surface area contributed by atoms with Crippen molar-refractivity contribution in [2.45, 2.75) is 32.2 Å². The van der Waals surface area contributed by atoms with Crippen molar-refractivity contribution in [1.29, 1.82) is 5.41 Å². The van der Waals surface area contributed by atoms with Crippen molar-refractivity contribution in [3.8, 4) is 0 Å². The first-order chi connectivity index (χ1) is 9.49. The van der Waals surface area contributed by atoms with Crippen LogP contribution in [0.3, 0.4) is 0 Å². The molecule has 1 atom stereocenters. The SMILES string of the molecule is C=C(C)C1CCCC(=N)N1C(=C)NCC1=NC(F)=NC1. The van der Waals surface area contributed by atoms with Gasteiger partial charge in [0.1, 0.15) is 11.7 Å². The number of likely N-dealkylation sites (tertiary alicyclic amines) is 1. The van der Waals surface area contributed by atoms with E-state index in [-0.39, 0.29) is 12.6 Å². The lowest BCUT2D eigenvalue weighted by molar-refractivity contribution is 0.334. The van der Waals surface area contributed by atoms with Gasteiger partial charge in [0.15, 0.2) is 0 Å². The fraction of sp³-hybridized carbons (Fsp3) is 0.500. The zero-order valence-corrected chi connectivity index (χ0v) is 11.7. The molecule has 0 spiro atoms. The Morgan fingerprint density at radius 2 is 2.30 bits per heavy atom. The number of piperidine rings is 1. The first kappa shape index (κ1) is 14.4. The third-order valence-electron chi connectivity index (χ3n) is 3.49. The Morgan fingerprint density at radius 3 is 2.90 bits per heavy atom. The van der Waals surface area contributed by atoms with Gasteiger partial charge < -0.3 is 10.2 Å². The number of hydrogen-bond acceptors (Lipinski definition) is 4. The molecule has 2 heterocycles. The number of nitrogens with zero attached hydrogens (tertiary/aromatic N) is 3.